The van der Waals surface area contributed by atoms with E-state index >= 15 is 0 Å². The summed E-state index contributed by atoms with van der Waals surface area (Å²) in [6.07, 6.45) is 21.7. The molecule has 0 saturated heterocycles. The Bertz CT molecular complexity index is 1670. The van der Waals surface area contributed by atoms with Gasteiger partial charge in [0, 0.05) is 77.9 Å². The monoisotopic (exact) mass is 1190 g/mol. The van der Waals surface area contributed by atoms with Gasteiger partial charge in [-0.05, 0) is 51.9 Å². The van der Waals surface area contributed by atoms with Crippen LogP contribution < -0.4 is 10.6 Å². The first-order chi connectivity index (χ1) is 40.3. The second-order valence-electron chi connectivity index (χ2n) is 20.5. The molecule has 0 aromatic heterocycles. The summed E-state index contributed by atoms with van der Waals surface area (Å²) in [7, 11) is 0. The first-order valence-corrected chi connectivity index (χ1v) is 30.6. The lowest BCUT2D eigenvalue weighted by Gasteiger charge is -2.14. The Kier molecular flexibility index (Phi) is 57.9. The maximum atomic E-state index is 12.4. The van der Waals surface area contributed by atoms with Crippen LogP contribution in [0.3, 0.4) is 0 Å². The van der Waals surface area contributed by atoms with E-state index in [0.717, 1.165) is 38.5 Å². The normalized spacial score (nSPS) is 11.6. The zero-order chi connectivity index (χ0) is 60.9. The molecule has 0 aliphatic rings. The van der Waals surface area contributed by atoms with Crippen molar-refractivity contribution >= 4 is 52.7 Å². The highest BCUT2D eigenvalue weighted by Crippen LogP contribution is 2.15. The molecule has 0 fully saturated rings. The van der Waals surface area contributed by atoms with E-state index in [9.17, 15) is 48.3 Å². The average Bonchev–Trinajstić information content (AvgIpc) is 3.45. The fourth-order valence-electron chi connectivity index (χ4n) is 8.04. The lowest BCUT2D eigenvalue weighted by molar-refractivity contribution is -0.142. The number of hydrogen-bond acceptors (Lipinski definition) is 19. The first kappa shape index (κ1) is 78.8. The number of carbonyl (C=O) groups is 9. The van der Waals surface area contributed by atoms with Crippen molar-refractivity contribution in [3.63, 3.8) is 0 Å². The van der Waals surface area contributed by atoms with E-state index in [1.165, 1.54) is 64.7 Å². The predicted octanol–water partition coefficient (Wildman–Crippen LogP) is 6.71. The van der Waals surface area contributed by atoms with Gasteiger partial charge in [-0.3, -0.25) is 38.4 Å². The Hall–Kier alpha value is -4.17. The zero-order valence-electron chi connectivity index (χ0n) is 50.4. The van der Waals surface area contributed by atoms with Gasteiger partial charge in [-0.2, -0.15) is 0 Å². The van der Waals surface area contributed by atoms with E-state index < -0.39 is 18.0 Å². The number of amides is 2. The molecule has 23 nitrogen and oxygen atoms in total. The molecule has 23 heteroatoms. The van der Waals surface area contributed by atoms with Crippen LogP contribution >= 0.6 is 0 Å². The lowest BCUT2D eigenvalue weighted by Crippen LogP contribution is -2.41. The summed E-state index contributed by atoms with van der Waals surface area (Å²) in [5, 5.41) is 23.5. The molecule has 0 saturated carbocycles. The molecule has 0 rings (SSSR count). The van der Waals surface area contributed by atoms with Crippen molar-refractivity contribution in [1.82, 2.24) is 10.6 Å². The van der Waals surface area contributed by atoms with E-state index in [-0.39, 0.29) is 159 Å². The number of carbonyl (C=O) groups excluding carboxylic acids is 7. The number of aliphatic carboxylic acids is 2. The molecule has 0 unspecified atom stereocenters. The SMILES string of the molecule is CC(=O)COCCOCCCC(=O)COCCOCCCC(=O)COCCOCCCC(=O)COCCOCCNC(=O)COCCOCCCC(=O)CC[C@H](NC(=O)CCCCCCCCCCCCCCCCCCC(=O)O)C(=O)O. The van der Waals surface area contributed by atoms with Gasteiger partial charge in [0.05, 0.1) is 72.7 Å². The fraction of sp³-hybridized carbons (Fsp3) is 0.850. The molecule has 2 amide bonds. The second kappa shape index (κ2) is 60.9. The summed E-state index contributed by atoms with van der Waals surface area (Å²) >= 11 is 0. The standard InChI is InChI=1S/C60H106N2O21/c1-51(63)46-79-41-36-75-32-19-23-53(65)47-80-42-37-76-33-20-24-54(66)48-81-43-38-77-34-21-25-55(67)49-82-44-40-78-35-30-61-58(69)50-83-45-39-74-31-18-22-52(64)28-29-56(60(72)73)62-57(68)26-16-14-12-10-8-6-4-2-3-5-7-9-11-13-15-17-27-59(70)71/h56H,2-50H2,1H3,(H,61,69)(H,62,68)(H,70,71)(H,72,73)/t56-/m0/s1. The highest BCUT2D eigenvalue weighted by Gasteiger charge is 2.21. The first-order valence-electron chi connectivity index (χ1n) is 30.6. The highest BCUT2D eigenvalue weighted by molar-refractivity contribution is 5.85. The fourth-order valence-corrected chi connectivity index (χ4v) is 8.04. The van der Waals surface area contributed by atoms with Crippen molar-refractivity contribution in [2.24, 2.45) is 0 Å². The molecular formula is C60H106N2O21. The smallest absolute Gasteiger partial charge is 0.326 e. The molecule has 0 radical (unpaired) electrons. The number of hydrogen-bond donors (Lipinski definition) is 4. The number of unbranched alkanes of at least 4 members (excludes halogenated alkanes) is 15. The quantitative estimate of drug-likeness (QED) is 0.0460. The third-order valence-corrected chi connectivity index (χ3v) is 12.6. The molecule has 0 bridgehead atoms. The maximum absolute atomic E-state index is 12.4. The van der Waals surface area contributed by atoms with Gasteiger partial charge in [0.1, 0.15) is 44.9 Å². The van der Waals surface area contributed by atoms with Gasteiger partial charge >= 0.3 is 11.9 Å². The number of Topliss-reactive ketones (excluding diaryl/α,β-unsaturated/α-hetero) is 5. The predicted molar refractivity (Wildman–Crippen MR) is 308 cm³/mol. The molecule has 0 aliphatic carbocycles. The minimum Gasteiger partial charge on any atom is -0.481 e. The highest BCUT2D eigenvalue weighted by atomic mass is 16.5. The number of carboxylic acid groups (broad SMARTS) is 2. The van der Waals surface area contributed by atoms with Crippen molar-refractivity contribution in [2.45, 2.75) is 193 Å². The number of nitrogens with one attached hydrogen (secondary N) is 2. The van der Waals surface area contributed by atoms with Gasteiger partial charge in [-0.15, -0.1) is 0 Å². The summed E-state index contributed by atoms with van der Waals surface area (Å²) in [6.45, 7) is 6.03. The van der Waals surface area contributed by atoms with Crippen LogP contribution in [0.25, 0.3) is 0 Å². The number of carboxylic acids is 2. The Morgan fingerprint density at radius 1 is 0.313 bits per heavy atom. The van der Waals surface area contributed by atoms with Crippen LogP contribution in [0.2, 0.25) is 0 Å². The van der Waals surface area contributed by atoms with Crippen molar-refractivity contribution in [3.8, 4) is 0 Å². The molecule has 0 aromatic carbocycles. The second-order valence-corrected chi connectivity index (χ2v) is 20.5. The topological polar surface area (TPSA) is 310 Å². The number of ketones is 5. The van der Waals surface area contributed by atoms with Gasteiger partial charge in [0.2, 0.25) is 11.8 Å². The van der Waals surface area contributed by atoms with Crippen LogP contribution in [0.15, 0.2) is 0 Å². The third kappa shape index (κ3) is 62.2. The van der Waals surface area contributed by atoms with E-state index in [1.54, 1.807) is 0 Å². The summed E-state index contributed by atoms with van der Waals surface area (Å²) in [4.78, 5) is 106. The molecule has 0 aromatic rings. The zero-order valence-corrected chi connectivity index (χ0v) is 50.4. The molecule has 0 spiro atoms. The third-order valence-electron chi connectivity index (χ3n) is 12.6. The summed E-state index contributed by atoms with van der Waals surface area (Å²) < 4.78 is 53.7. The summed E-state index contributed by atoms with van der Waals surface area (Å²) in [6, 6.07) is -1.11. The van der Waals surface area contributed by atoms with Gasteiger partial charge in [-0.25, -0.2) is 4.79 Å². The van der Waals surface area contributed by atoms with Crippen LogP contribution in [0.1, 0.15) is 187 Å². The number of ether oxygens (including phenoxy) is 10. The molecule has 83 heavy (non-hydrogen) atoms. The Morgan fingerprint density at radius 3 is 1.01 bits per heavy atom. The average molecular weight is 1190 g/mol. The molecule has 482 valence electrons. The Labute approximate surface area is 494 Å². The molecule has 1 atom stereocenters. The minimum atomic E-state index is -1.16. The largest absolute Gasteiger partial charge is 0.481 e. The van der Waals surface area contributed by atoms with E-state index in [0.29, 0.717) is 104 Å². The van der Waals surface area contributed by atoms with Crippen molar-refractivity contribution < 1.29 is 101 Å². The minimum absolute atomic E-state index is 0.00589. The van der Waals surface area contributed by atoms with Crippen molar-refractivity contribution in [3.05, 3.63) is 0 Å². The Morgan fingerprint density at radius 2 is 0.639 bits per heavy atom. The maximum Gasteiger partial charge on any atom is 0.326 e. The van der Waals surface area contributed by atoms with Crippen LogP contribution in [0.5, 0.6) is 0 Å². The van der Waals surface area contributed by atoms with Crippen molar-refractivity contribution in [2.75, 3.05) is 139 Å². The van der Waals surface area contributed by atoms with Crippen LogP contribution in [-0.4, -0.2) is 208 Å². The van der Waals surface area contributed by atoms with E-state index in [4.69, 9.17) is 52.5 Å². The van der Waals surface area contributed by atoms with Crippen LogP contribution in [-0.2, 0) is 90.5 Å². The van der Waals surface area contributed by atoms with Gasteiger partial charge in [-0.1, -0.05) is 89.9 Å². The van der Waals surface area contributed by atoms with Gasteiger partial charge in [0.15, 0.2) is 23.1 Å². The molecule has 0 aliphatic heterocycles. The van der Waals surface area contributed by atoms with Crippen LogP contribution in [0, 0.1) is 0 Å². The lowest BCUT2D eigenvalue weighted by atomic mass is 10.0. The van der Waals surface area contributed by atoms with Gasteiger partial charge in [0.25, 0.3) is 0 Å². The van der Waals surface area contributed by atoms with Crippen LogP contribution in [0.4, 0.5) is 0 Å². The Balaban J connectivity index is 3.56. The van der Waals surface area contributed by atoms with E-state index in [1.807, 2.05) is 0 Å². The van der Waals surface area contributed by atoms with Crippen molar-refractivity contribution in [1.29, 1.82) is 0 Å². The van der Waals surface area contributed by atoms with Gasteiger partial charge < -0.3 is 68.2 Å². The van der Waals surface area contributed by atoms with E-state index in [2.05, 4.69) is 10.6 Å². The molecular weight excluding hydrogens is 1080 g/mol. The summed E-state index contributed by atoms with van der Waals surface area (Å²) in [5.41, 5.74) is 0. The molecule has 4 N–H and O–H groups in total. The number of rotatable bonds is 68. The summed E-state index contributed by atoms with van der Waals surface area (Å²) in [5.74, 6) is -2.79. The molecule has 0 heterocycles.